The molecule has 1 amide bonds. The van der Waals surface area contributed by atoms with Crippen LogP contribution in [0.5, 0.6) is 0 Å². The largest absolute Gasteiger partial charge is 0.331 e. The number of amides is 1. The Labute approximate surface area is 126 Å². The predicted octanol–water partition coefficient (Wildman–Crippen LogP) is 3.13. The summed E-state index contributed by atoms with van der Waals surface area (Å²) in [6.07, 6.45) is 3.61. The number of hydrogen-bond donors (Lipinski definition) is 2. The smallest absolute Gasteiger partial charge is 0.224 e. The van der Waals surface area contributed by atoms with Crippen LogP contribution in [0.4, 0.5) is 11.4 Å². The summed E-state index contributed by atoms with van der Waals surface area (Å²) in [6.45, 7) is 1.78. The fourth-order valence-electron chi connectivity index (χ4n) is 1.46. The second kappa shape index (κ2) is 6.49. The molecular weight excluding hydrogens is 296 g/mol. The standard InChI is InChI=1S/C13H13ClN4OS/c1-2-12(19)16-11-7-15-18(8-11)13(20)17-10-5-3-9(14)4-6-10/h3-8H,2H2,1H3,(H,16,19)(H,17,20). The molecule has 5 nitrogen and oxygen atoms in total. The van der Waals surface area contributed by atoms with Gasteiger partial charge in [0.2, 0.25) is 5.91 Å². The van der Waals surface area contributed by atoms with Gasteiger partial charge in [-0.2, -0.15) is 5.10 Å². The van der Waals surface area contributed by atoms with Crippen LogP contribution in [0.25, 0.3) is 0 Å². The van der Waals surface area contributed by atoms with Crippen LogP contribution in [0, 0.1) is 0 Å². The quantitative estimate of drug-likeness (QED) is 0.855. The zero-order valence-electron chi connectivity index (χ0n) is 10.8. The van der Waals surface area contributed by atoms with Gasteiger partial charge in [0.1, 0.15) is 0 Å². The maximum Gasteiger partial charge on any atom is 0.224 e. The number of anilines is 2. The van der Waals surface area contributed by atoms with Gasteiger partial charge in [-0.1, -0.05) is 18.5 Å². The molecule has 20 heavy (non-hydrogen) atoms. The highest BCUT2D eigenvalue weighted by atomic mass is 35.5. The van der Waals surface area contributed by atoms with Crippen molar-refractivity contribution in [3.8, 4) is 0 Å². The summed E-state index contributed by atoms with van der Waals surface area (Å²) in [5.74, 6) is -0.0684. The van der Waals surface area contributed by atoms with Gasteiger partial charge in [-0.3, -0.25) is 4.79 Å². The summed E-state index contributed by atoms with van der Waals surface area (Å²) < 4.78 is 1.48. The van der Waals surface area contributed by atoms with E-state index in [2.05, 4.69) is 15.7 Å². The molecule has 0 aliphatic carbocycles. The van der Waals surface area contributed by atoms with Crippen LogP contribution in [0.15, 0.2) is 36.7 Å². The van der Waals surface area contributed by atoms with Crippen LogP contribution in [0.3, 0.4) is 0 Å². The van der Waals surface area contributed by atoms with Crippen LogP contribution < -0.4 is 10.6 Å². The van der Waals surface area contributed by atoms with E-state index in [1.165, 1.54) is 4.68 Å². The molecule has 0 aliphatic heterocycles. The SMILES string of the molecule is CCC(=O)Nc1cnn(C(=S)Nc2ccc(Cl)cc2)c1. The Morgan fingerprint density at radius 2 is 2.00 bits per heavy atom. The minimum atomic E-state index is -0.0684. The third-order valence-corrected chi connectivity index (χ3v) is 3.03. The number of benzene rings is 1. The minimum Gasteiger partial charge on any atom is -0.331 e. The molecule has 1 aromatic heterocycles. The molecule has 1 heterocycles. The van der Waals surface area contributed by atoms with Crippen LogP contribution in [-0.4, -0.2) is 20.8 Å². The molecule has 0 saturated heterocycles. The fraction of sp³-hybridized carbons (Fsp3) is 0.154. The van der Waals surface area contributed by atoms with Crippen molar-refractivity contribution in [2.75, 3.05) is 10.6 Å². The highest BCUT2D eigenvalue weighted by Gasteiger charge is 2.06. The average Bonchev–Trinajstić information content (AvgIpc) is 2.89. The van der Waals surface area contributed by atoms with E-state index in [1.54, 1.807) is 31.5 Å². The highest BCUT2D eigenvalue weighted by molar-refractivity contribution is 7.80. The first-order valence-electron chi connectivity index (χ1n) is 6.00. The Morgan fingerprint density at radius 1 is 1.30 bits per heavy atom. The molecule has 0 atom stereocenters. The fourth-order valence-corrected chi connectivity index (χ4v) is 1.81. The lowest BCUT2D eigenvalue weighted by Crippen LogP contribution is -2.19. The monoisotopic (exact) mass is 308 g/mol. The molecule has 0 spiro atoms. The van der Waals surface area contributed by atoms with Gasteiger partial charge in [0, 0.05) is 17.1 Å². The van der Waals surface area contributed by atoms with Gasteiger partial charge in [0.15, 0.2) is 5.11 Å². The molecule has 7 heteroatoms. The third-order valence-electron chi connectivity index (χ3n) is 2.49. The summed E-state index contributed by atoms with van der Waals surface area (Å²) in [4.78, 5) is 11.3. The van der Waals surface area contributed by atoms with Crippen molar-refractivity contribution >= 4 is 46.2 Å². The molecule has 2 rings (SSSR count). The van der Waals surface area contributed by atoms with Gasteiger partial charge in [-0.15, -0.1) is 0 Å². The van der Waals surface area contributed by atoms with E-state index in [4.69, 9.17) is 23.8 Å². The Morgan fingerprint density at radius 3 is 2.65 bits per heavy atom. The maximum atomic E-state index is 11.3. The second-order valence-electron chi connectivity index (χ2n) is 4.01. The molecule has 0 aliphatic rings. The minimum absolute atomic E-state index is 0.0684. The number of halogens is 1. The summed E-state index contributed by atoms with van der Waals surface area (Å²) in [5, 5.41) is 10.9. The predicted molar refractivity (Wildman–Crippen MR) is 84.2 cm³/mol. The molecule has 0 unspecified atom stereocenters. The molecule has 104 valence electrons. The van der Waals surface area contributed by atoms with Gasteiger partial charge in [0.25, 0.3) is 0 Å². The number of carbonyl (C=O) groups excluding carboxylic acids is 1. The Balaban J connectivity index is 2.02. The van der Waals surface area contributed by atoms with Gasteiger partial charge < -0.3 is 10.6 Å². The van der Waals surface area contributed by atoms with E-state index in [0.717, 1.165) is 5.69 Å². The van der Waals surface area contributed by atoms with Crippen molar-refractivity contribution < 1.29 is 4.79 Å². The lowest BCUT2D eigenvalue weighted by atomic mass is 10.3. The van der Waals surface area contributed by atoms with Crippen LogP contribution in [-0.2, 0) is 4.79 Å². The summed E-state index contributed by atoms with van der Waals surface area (Å²) in [5.41, 5.74) is 1.42. The lowest BCUT2D eigenvalue weighted by Gasteiger charge is -2.07. The summed E-state index contributed by atoms with van der Waals surface area (Å²) in [7, 11) is 0. The molecule has 2 N–H and O–H groups in total. The molecule has 0 fully saturated rings. The molecule has 2 aromatic rings. The van der Waals surface area contributed by atoms with Crippen molar-refractivity contribution in [1.29, 1.82) is 0 Å². The maximum absolute atomic E-state index is 11.3. The Bertz CT molecular complexity index is 624. The zero-order valence-corrected chi connectivity index (χ0v) is 12.3. The first kappa shape index (κ1) is 14.5. The number of hydrogen-bond acceptors (Lipinski definition) is 3. The highest BCUT2D eigenvalue weighted by Crippen LogP contribution is 2.14. The first-order valence-corrected chi connectivity index (χ1v) is 6.78. The molecular formula is C13H13ClN4OS. The van der Waals surface area contributed by atoms with Gasteiger partial charge in [-0.25, -0.2) is 4.68 Å². The number of aromatic nitrogens is 2. The van der Waals surface area contributed by atoms with Gasteiger partial charge in [0.05, 0.1) is 18.1 Å². The molecule has 0 saturated carbocycles. The molecule has 0 radical (unpaired) electrons. The number of carbonyl (C=O) groups is 1. The molecule has 1 aromatic carbocycles. The summed E-state index contributed by atoms with van der Waals surface area (Å²) in [6, 6.07) is 7.17. The van der Waals surface area contributed by atoms with Crippen LogP contribution >= 0.6 is 23.8 Å². The van der Waals surface area contributed by atoms with E-state index in [1.807, 2.05) is 12.1 Å². The molecule has 0 bridgehead atoms. The van der Waals surface area contributed by atoms with Crippen molar-refractivity contribution in [1.82, 2.24) is 9.78 Å². The van der Waals surface area contributed by atoms with E-state index in [9.17, 15) is 4.79 Å². The number of rotatable bonds is 3. The van der Waals surface area contributed by atoms with Crippen molar-refractivity contribution in [2.24, 2.45) is 0 Å². The topological polar surface area (TPSA) is 59.0 Å². The number of nitrogens with zero attached hydrogens (tertiary/aromatic N) is 2. The normalized spacial score (nSPS) is 10.1. The van der Waals surface area contributed by atoms with Crippen LogP contribution in [0.1, 0.15) is 13.3 Å². The average molecular weight is 309 g/mol. The van der Waals surface area contributed by atoms with Crippen LogP contribution in [0.2, 0.25) is 5.02 Å². The second-order valence-corrected chi connectivity index (χ2v) is 4.84. The van der Waals surface area contributed by atoms with E-state index < -0.39 is 0 Å². The number of nitrogens with one attached hydrogen (secondary N) is 2. The third kappa shape index (κ3) is 3.79. The van der Waals surface area contributed by atoms with E-state index >= 15 is 0 Å². The van der Waals surface area contributed by atoms with E-state index in [-0.39, 0.29) is 5.91 Å². The Hall–Kier alpha value is -1.92. The van der Waals surface area contributed by atoms with Gasteiger partial charge in [-0.05, 0) is 36.5 Å². The zero-order chi connectivity index (χ0) is 14.5. The van der Waals surface area contributed by atoms with Crippen molar-refractivity contribution in [3.63, 3.8) is 0 Å². The van der Waals surface area contributed by atoms with Crippen molar-refractivity contribution in [2.45, 2.75) is 13.3 Å². The number of thiocarbonyl (C=S) groups is 1. The Kier molecular flexibility index (Phi) is 4.70. The lowest BCUT2D eigenvalue weighted by molar-refractivity contribution is -0.115. The summed E-state index contributed by atoms with van der Waals surface area (Å²) >= 11 is 11.0. The van der Waals surface area contributed by atoms with Crippen molar-refractivity contribution in [3.05, 3.63) is 41.7 Å². The first-order chi connectivity index (χ1) is 9.58. The van der Waals surface area contributed by atoms with Gasteiger partial charge >= 0.3 is 0 Å². The van der Waals surface area contributed by atoms with E-state index in [0.29, 0.717) is 22.2 Å².